The van der Waals surface area contributed by atoms with E-state index in [0.29, 0.717) is 19.0 Å². The number of nitrogens with one attached hydrogen (secondary N) is 2. The molecule has 2 heterocycles. The normalized spacial score (nSPS) is 10.3. The van der Waals surface area contributed by atoms with Crippen molar-refractivity contribution in [1.82, 2.24) is 4.98 Å². The number of quaternary nitrogens is 1. The van der Waals surface area contributed by atoms with E-state index in [2.05, 4.69) is 24.4 Å². The van der Waals surface area contributed by atoms with Crippen LogP contribution in [-0.2, 0) is 21.9 Å². The summed E-state index contributed by atoms with van der Waals surface area (Å²) in [5.41, 5.74) is -0.0503. The van der Waals surface area contributed by atoms with E-state index in [4.69, 9.17) is 29.0 Å². The number of carbonyl (C=O) groups is 2. The van der Waals surface area contributed by atoms with Gasteiger partial charge in [-0.25, -0.2) is 4.79 Å². The first-order valence-corrected chi connectivity index (χ1v) is 11.2. The number of hydrogen-bond donors (Lipinski definition) is 3. The number of ether oxygens (including phenoxy) is 1. The Hall–Kier alpha value is -3.32. The van der Waals surface area contributed by atoms with Crippen LogP contribution in [0.5, 0.6) is 5.88 Å². The molecule has 2 rings (SSSR count). The van der Waals surface area contributed by atoms with Gasteiger partial charge in [0.15, 0.2) is 11.7 Å². The van der Waals surface area contributed by atoms with Crippen molar-refractivity contribution in [3.63, 3.8) is 0 Å². The maximum absolute atomic E-state index is 11.2. The maximum atomic E-state index is 11.2. The predicted octanol–water partition coefficient (Wildman–Crippen LogP) is 0.182. The molecule has 0 saturated carbocycles. The minimum Gasteiger partial charge on any atom is -0.539 e. The Morgan fingerprint density at radius 2 is 1.94 bits per heavy atom. The summed E-state index contributed by atoms with van der Waals surface area (Å²) in [6.07, 6.45) is 0.850. The van der Waals surface area contributed by atoms with Gasteiger partial charge in [0.25, 0.3) is 0 Å². The van der Waals surface area contributed by atoms with Crippen LogP contribution >= 0.6 is 11.8 Å². The molecule has 0 aliphatic carbocycles. The highest BCUT2D eigenvalue weighted by Crippen LogP contribution is 2.25. The lowest BCUT2D eigenvalue weighted by molar-refractivity contribution is -0.873. The highest BCUT2D eigenvalue weighted by molar-refractivity contribution is 7.98. The van der Waals surface area contributed by atoms with E-state index in [9.17, 15) is 10.1 Å². The quantitative estimate of drug-likeness (QED) is 0.162. The number of furan rings is 1. The summed E-state index contributed by atoms with van der Waals surface area (Å²) in [7, 11) is 4.16. The smallest absolute Gasteiger partial charge is 0.351 e. The van der Waals surface area contributed by atoms with Crippen molar-refractivity contribution >= 4 is 35.2 Å². The summed E-state index contributed by atoms with van der Waals surface area (Å²) in [5, 5.41) is 30.5. The number of thioether (sulfide) groups is 1. The lowest BCUT2D eigenvalue weighted by Crippen LogP contribution is -3.04. The van der Waals surface area contributed by atoms with Gasteiger partial charge < -0.3 is 34.4 Å². The van der Waals surface area contributed by atoms with Crippen LogP contribution in [0.1, 0.15) is 24.9 Å². The van der Waals surface area contributed by atoms with E-state index in [0.717, 1.165) is 36.0 Å². The molecule has 3 N–H and O–H groups in total. The van der Waals surface area contributed by atoms with Gasteiger partial charge in [0.05, 0.1) is 31.4 Å². The monoisotopic (exact) mass is 484 g/mol. The second kappa shape index (κ2) is 14.7. The first-order chi connectivity index (χ1) is 15.6. The summed E-state index contributed by atoms with van der Waals surface area (Å²) >= 11 is 1.70. The van der Waals surface area contributed by atoms with Crippen molar-refractivity contribution < 1.29 is 38.8 Å². The summed E-state index contributed by atoms with van der Waals surface area (Å²) in [6, 6.07) is 6.96. The van der Waals surface area contributed by atoms with Gasteiger partial charge in [-0.2, -0.15) is 16.7 Å². The summed E-state index contributed by atoms with van der Waals surface area (Å²) in [5.74, 6) is 0.0768. The van der Waals surface area contributed by atoms with E-state index in [1.54, 1.807) is 11.8 Å². The molecule has 0 aromatic carbocycles. The lowest BCUT2D eigenvalue weighted by atomic mass is 10.4. The van der Waals surface area contributed by atoms with Crippen molar-refractivity contribution in [1.29, 1.82) is 0 Å². The zero-order valence-corrected chi connectivity index (χ0v) is 19.5. The minimum absolute atomic E-state index is 0.0503. The van der Waals surface area contributed by atoms with Crippen LogP contribution in [-0.4, -0.2) is 60.0 Å². The van der Waals surface area contributed by atoms with Crippen molar-refractivity contribution in [3.05, 3.63) is 45.9 Å². The molecule has 0 fully saturated rings. The predicted molar refractivity (Wildman–Crippen MR) is 119 cm³/mol. The van der Waals surface area contributed by atoms with E-state index in [1.165, 1.54) is 17.0 Å². The van der Waals surface area contributed by atoms with Gasteiger partial charge in [-0.05, 0) is 18.6 Å². The summed E-state index contributed by atoms with van der Waals surface area (Å²) < 4.78 is 11.2. The fraction of sp³-hybridized carbons (Fsp3) is 0.450. The Kier molecular flexibility index (Phi) is 12.3. The van der Waals surface area contributed by atoms with Gasteiger partial charge in [-0.15, -0.1) is 0 Å². The Labute approximate surface area is 195 Å². The average Bonchev–Trinajstić information content (AvgIpc) is 3.18. The number of anilines is 1. The highest BCUT2D eigenvalue weighted by Gasteiger charge is 2.16. The Bertz CT molecular complexity index is 907. The summed E-state index contributed by atoms with van der Waals surface area (Å²) in [6.45, 7) is 3.94. The third-order valence-electron chi connectivity index (χ3n) is 3.70. The number of nitrogens with zero attached hydrogens (tertiary/aromatic N) is 2. The molecular formula is C20H28N4O8S. The molecule has 0 amide bonds. The number of aromatic nitrogens is 1. The molecule has 0 bridgehead atoms. The van der Waals surface area contributed by atoms with Crippen LogP contribution in [0.25, 0.3) is 0 Å². The van der Waals surface area contributed by atoms with Crippen LogP contribution in [0.15, 0.2) is 28.7 Å². The molecule has 0 radical (unpaired) electrons. The van der Waals surface area contributed by atoms with E-state index in [1.807, 2.05) is 19.1 Å². The molecule has 0 unspecified atom stereocenters. The largest absolute Gasteiger partial charge is 0.539 e. The molecule has 0 atom stereocenters. The van der Waals surface area contributed by atoms with Gasteiger partial charge in [0.1, 0.15) is 12.3 Å². The van der Waals surface area contributed by atoms with Crippen LogP contribution in [0.4, 0.5) is 11.5 Å². The molecule has 182 valence electrons. The maximum Gasteiger partial charge on any atom is 0.351 e. The van der Waals surface area contributed by atoms with Crippen LogP contribution in [0.3, 0.4) is 0 Å². The zero-order valence-electron chi connectivity index (χ0n) is 18.7. The fourth-order valence-electron chi connectivity index (χ4n) is 2.36. The Balaban J connectivity index is 0.000000801. The first-order valence-electron chi connectivity index (χ1n) is 10.0. The molecule has 0 aliphatic rings. The number of rotatable bonds is 12. The molecule has 2 aromatic heterocycles. The molecule has 33 heavy (non-hydrogen) atoms. The van der Waals surface area contributed by atoms with E-state index in [-0.39, 0.29) is 11.5 Å². The first kappa shape index (κ1) is 27.7. The lowest BCUT2D eigenvalue weighted by Gasteiger charge is -2.08. The van der Waals surface area contributed by atoms with Crippen molar-refractivity contribution in [3.8, 4) is 5.88 Å². The van der Waals surface area contributed by atoms with Gasteiger partial charge in [0, 0.05) is 24.4 Å². The molecule has 13 heteroatoms. The third kappa shape index (κ3) is 11.2. The topological polar surface area (TPSA) is 172 Å². The average molecular weight is 485 g/mol. The molecule has 0 aliphatic heterocycles. The number of carboxylic acids is 2. The second-order valence-electron chi connectivity index (χ2n) is 6.95. The third-order valence-corrected chi connectivity index (χ3v) is 4.68. The zero-order chi connectivity index (χ0) is 24.8. The Morgan fingerprint density at radius 1 is 1.27 bits per heavy atom. The SMILES string of the molecule is CCCOc1ccc([N+](=O)[O-])c(NCCSCc2ccc(C[NH+](C)C)o2)n1.O=C([O-])C(=O)O. The number of pyridine rings is 1. The number of nitro groups is 1. The fourth-order valence-corrected chi connectivity index (χ4v) is 3.10. The molecule has 2 aromatic rings. The van der Waals surface area contributed by atoms with Gasteiger partial charge >= 0.3 is 11.7 Å². The van der Waals surface area contributed by atoms with Crippen LogP contribution < -0.4 is 20.1 Å². The molecular weight excluding hydrogens is 456 g/mol. The standard InChI is InChI=1S/C18H26N4O4S.C2H2O4/c1-4-10-25-17-8-7-16(22(23)24)18(20-17)19-9-11-27-13-15-6-5-14(26-15)12-21(2)3;3-1(4)2(5)6/h5-8H,4,9-13H2,1-3H3,(H,19,20);(H,3,4)(H,5,6). The van der Waals surface area contributed by atoms with Crippen molar-refractivity contribution in [2.45, 2.75) is 25.6 Å². The minimum atomic E-state index is -2.07. The van der Waals surface area contributed by atoms with Crippen molar-refractivity contribution in [2.24, 2.45) is 0 Å². The van der Waals surface area contributed by atoms with Gasteiger partial charge in [-0.1, -0.05) is 6.92 Å². The molecule has 0 spiro atoms. The van der Waals surface area contributed by atoms with Gasteiger partial charge in [0.2, 0.25) is 11.7 Å². The van der Waals surface area contributed by atoms with Gasteiger partial charge in [-0.3, -0.25) is 10.1 Å². The Morgan fingerprint density at radius 3 is 2.52 bits per heavy atom. The van der Waals surface area contributed by atoms with E-state index < -0.39 is 16.9 Å². The second-order valence-corrected chi connectivity index (χ2v) is 8.05. The van der Waals surface area contributed by atoms with E-state index >= 15 is 0 Å². The van der Waals surface area contributed by atoms with Crippen LogP contribution in [0, 0.1) is 10.1 Å². The number of hydrogen-bond acceptors (Lipinski definition) is 10. The number of carboxylic acid groups (broad SMARTS) is 2. The number of aliphatic carboxylic acids is 2. The summed E-state index contributed by atoms with van der Waals surface area (Å²) in [4.78, 5) is 34.3. The molecule has 0 saturated heterocycles. The molecule has 12 nitrogen and oxygen atoms in total. The van der Waals surface area contributed by atoms with Crippen LogP contribution in [0.2, 0.25) is 0 Å². The number of carbonyl (C=O) groups excluding carboxylic acids is 1. The highest BCUT2D eigenvalue weighted by atomic mass is 32.2. The van der Waals surface area contributed by atoms with Crippen molar-refractivity contribution in [2.75, 3.05) is 38.3 Å².